The summed E-state index contributed by atoms with van der Waals surface area (Å²) in [5.41, 5.74) is 6.18. The molecule has 0 N–H and O–H groups in total. The molecule has 5 heteroatoms. The summed E-state index contributed by atoms with van der Waals surface area (Å²) in [6.07, 6.45) is 3.70. The van der Waals surface area contributed by atoms with Crippen LogP contribution in [0.4, 0.5) is 0 Å². The standard InChI is InChI=1S/C25H24N4O/c1-18-14-20(19-8-3-2-4-9-19)15-22(27-18)24-12-7-13-29(24)25(30)16-28-17-26-21-10-5-6-11-23(21)28/h2-6,8-11,14-15,17,24H,7,12-13,16H2,1H3/t24-/m1/s1. The second kappa shape index (κ2) is 7.75. The number of para-hydroxylation sites is 2. The topological polar surface area (TPSA) is 51.0 Å². The van der Waals surface area contributed by atoms with E-state index in [1.54, 1.807) is 6.33 Å². The Hall–Kier alpha value is -3.47. The maximum absolute atomic E-state index is 13.2. The summed E-state index contributed by atoms with van der Waals surface area (Å²) >= 11 is 0. The van der Waals surface area contributed by atoms with Crippen LogP contribution in [0.1, 0.15) is 30.3 Å². The molecule has 0 unspecified atom stereocenters. The fourth-order valence-electron chi connectivity index (χ4n) is 4.41. The molecular formula is C25H24N4O. The number of carbonyl (C=O) groups excluding carboxylic acids is 1. The highest BCUT2D eigenvalue weighted by Gasteiger charge is 2.31. The Morgan fingerprint density at radius 3 is 2.70 bits per heavy atom. The third-order valence-corrected chi connectivity index (χ3v) is 5.83. The number of likely N-dealkylation sites (tertiary alicyclic amines) is 1. The number of hydrogen-bond donors (Lipinski definition) is 0. The van der Waals surface area contributed by atoms with Crippen LogP contribution in [0, 0.1) is 6.92 Å². The lowest BCUT2D eigenvalue weighted by atomic mass is 10.0. The molecule has 150 valence electrons. The first kappa shape index (κ1) is 18.6. The van der Waals surface area contributed by atoms with Crippen LogP contribution in [-0.2, 0) is 11.3 Å². The summed E-state index contributed by atoms with van der Waals surface area (Å²) in [7, 11) is 0. The van der Waals surface area contributed by atoms with Crippen LogP contribution < -0.4 is 0 Å². The molecule has 0 saturated carbocycles. The van der Waals surface area contributed by atoms with Crippen molar-refractivity contribution in [1.82, 2.24) is 19.4 Å². The van der Waals surface area contributed by atoms with Crippen molar-refractivity contribution in [3.63, 3.8) is 0 Å². The number of imidazole rings is 1. The number of benzene rings is 2. The monoisotopic (exact) mass is 396 g/mol. The van der Waals surface area contributed by atoms with Crippen molar-refractivity contribution in [3.05, 3.63) is 84.4 Å². The van der Waals surface area contributed by atoms with Crippen LogP contribution in [0.3, 0.4) is 0 Å². The zero-order valence-electron chi connectivity index (χ0n) is 17.0. The first-order valence-electron chi connectivity index (χ1n) is 10.4. The largest absolute Gasteiger partial charge is 0.333 e. The third-order valence-electron chi connectivity index (χ3n) is 5.83. The van der Waals surface area contributed by atoms with E-state index in [0.717, 1.165) is 47.4 Å². The number of hydrogen-bond acceptors (Lipinski definition) is 3. The molecular weight excluding hydrogens is 372 g/mol. The number of aryl methyl sites for hydroxylation is 1. The van der Waals surface area contributed by atoms with Crippen LogP contribution in [-0.4, -0.2) is 31.9 Å². The van der Waals surface area contributed by atoms with Gasteiger partial charge in [0.25, 0.3) is 0 Å². The zero-order valence-corrected chi connectivity index (χ0v) is 17.0. The minimum atomic E-state index is 0.0228. The molecule has 1 fully saturated rings. The third kappa shape index (κ3) is 3.47. The summed E-state index contributed by atoms with van der Waals surface area (Å²) < 4.78 is 1.94. The zero-order chi connectivity index (χ0) is 20.5. The van der Waals surface area contributed by atoms with Gasteiger partial charge in [0.15, 0.2) is 0 Å². The Balaban J connectivity index is 1.42. The number of rotatable bonds is 4. The normalized spacial score (nSPS) is 16.3. The van der Waals surface area contributed by atoms with Gasteiger partial charge < -0.3 is 9.47 Å². The molecule has 0 bridgehead atoms. The van der Waals surface area contributed by atoms with Gasteiger partial charge >= 0.3 is 0 Å². The molecule has 5 nitrogen and oxygen atoms in total. The Labute approximate surface area is 176 Å². The van der Waals surface area contributed by atoms with Gasteiger partial charge in [-0.15, -0.1) is 0 Å². The minimum absolute atomic E-state index is 0.0228. The molecule has 1 amide bonds. The van der Waals surface area contributed by atoms with Crippen LogP contribution in [0.5, 0.6) is 0 Å². The van der Waals surface area contributed by atoms with E-state index in [1.165, 1.54) is 5.56 Å². The minimum Gasteiger partial charge on any atom is -0.333 e. The highest BCUT2D eigenvalue weighted by molar-refractivity contribution is 5.81. The number of aromatic nitrogens is 3. The second-order valence-electron chi connectivity index (χ2n) is 7.89. The van der Waals surface area contributed by atoms with Gasteiger partial charge in [0, 0.05) is 12.2 Å². The van der Waals surface area contributed by atoms with Crippen LogP contribution in [0.2, 0.25) is 0 Å². The number of nitrogens with zero attached hydrogens (tertiary/aromatic N) is 4. The number of pyridine rings is 1. The van der Waals surface area contributed by atoms with Crippen LogP contribution in [0.15, 0.2) is 73.1 Å². The average Bonchev–Trinajstić information content (AvgIpc) is 3.42. The van der Waals surface area contributed by atoms with Gasteiger partial charge in [-0.2, -0.15) is 0 Å². The van der Waals surface area contributed by atoms with Crippen molar-refractivity contribution in [2.75, 3.05) is 6.54 Å². The van der Waals surface area contributed by atoms with Gasteiger partial charge in [0.1, 0.15) is 6.54 Å². The van der Waals surface area contributed by atoms with E-state index in [9.17, 15) is 4.79 Å². The number of amides is 1. The van der Waals surface area contributed by atoms with Crippen molar-refractivity contribution in [2.24, 2.45) is 0 Å². The molecule has 1 saturated heterocycles. The van der Waals surface area contributed by atoms with E-state index in [0.29, 0.717) is 6.54 Å². The molecule has 5 rings (SSSR count). The molecule has 1 aliphatic rings. The Kier molecular flexibility index (Phi) is 4.79. The molecule has 2 aromatic carbocycles. The maximum atomic E-state index is 13.2. The van der Waals surface area contributed by atoms with Crippen molar-refractivity contribution < 1.29 is 4.79 Å². The lowest BCUT2D eigenvalue weighted by Crippen LogP contribution is -2.33. The van der Waals surface area contributed by atoms with Gasteiger partial charge in [-0.3, -0.25) is 9.78 Å². The lowest BCUT2D eigenvalue weighted by Gasteiger charge is -2.25. The van der Waals surface area contributed by atoms with Gasteiger partial charge in [-0.1, -0.05) is 42.5 Å². The smallest absolute Gasteiger partial charge is 0.243 e. The average molecular weight is 396 g/mol. The highest BCUT2D eigenvalue weighted by Crippen LogP contribution is 2.33. The molecule has 0 spiro atoms. The fraction of sp³-hybridized carbons (Fsp3) is 0.240. The van der Waals surface area contributed by atoms with Crippen molar-refractivity contribution >= 4 is 16.9 Å². The van der Waals surface area contributed by atoms with Gasteiger partial charge in [-0.05, 0) is 55.2 Å². The van der Waals surface area contributed by atoms with Crippen molar-refractivity contribution in [1.29, 1.82) is 0 Å². The Morgan fingerprint density at radius 2 is 1.83 bits per heavy atom. The summed E-state index contributed by atoms with van der Waals surface area (Å²) in [5, 5.41) is 0. The van der Waals surface area contributed by atoms with Crippen molar-refractivity contribution in [2.45, 2.75) is 32.4 Å². The molecule has 2 aromatic heterocycles. The molecule has 1 aliphatic heterocycles. The summed E-state index contributed by atoms with van der Waals surface area (Å²) in [4.78, 5) is 24.4. The van der Waals surface area contributed by atoms with Gasteiger partial charge in [0.05, 0.1) is 29.1 Å². The van der Waals surface area contributed by atoms with E-state index in [4.69, 9.17) is 4.98 Å². The van der Waals surface area contributed by atoms with E-state index in [-0.39, 0.29) is 11.9 Å². The molecule has 30 heavy (non-hydrogen) atoms. The first-order chi connectivity index (χ1) is 14.7. The summed E-state index contributed by atoms with van der Waals surface area (Å²) in [5.74, 6) is 0.116. The van der Waals surface area contributed by atoms with Gasteiger partial charge in [0.2, 0.25) is 5.91 Å². The molecule has 4 aromatic rings. The number of carbonyl (C=O) groups is 1. The molecule has 1 atom stereocenters. The van der Waals surface area contributed by atoms with E-state index < -0.39 is 0 Å². The van der Waals surface area contributed by atoms with E-state index >= 15 is 0 Å². The van der Waals surface area contributed by atoms with Crippen LogP contribution in [0.25, 0.3) is 22.2 Å². The van der Waals surface area contributed by atoms with E-state index in [1.807, 2.05) is 58.9 Å². The Morgan fingerprint density at radius 1 is 1.03 bits per heavy atom. The highest BCUT2D eigenvalue weighted by atomic mass is 16.2. The predicted octanol–water partition coefficient (Wildman–Crippen LogP) is 4.77. The van der Waals surface area contributed by atoms with Crippen LogP contribution >= 0.6 is 0 Å². The molecule has 0 aliphatic carbocycles. The Bertz CT molecular complexity index is 1200. The van der Waals surface area contributed by atoms with E-state index in [2.05, 4.69) is 29.2 Å². The maximum Gasteiger partial charge on any atom is 0.243 e. The summed E-state index contributed by atoms with van der Waals surface area (Å²) in [6.45, 7) is 3.09. The first-order valence-corrected chi connectivity index (χ1v) is 10.4. The summed E-state index contributed by atoms with van der Waals surface area (Å²) in [6, 6.07) is 22.5. The second-order valence-corrected chi connectivity index (χ2v) is 7.89. The number of fused-ring (bicyclic) bond motifs is 1. The van der Waals surface area contributed by atoms with Crippen molar-refractivity contribution in [3.8, 4) is 11.1 Å². The SMILES string of the molecule is Cc1cc(-c2ccccc2)cc([C@H]2CCCN2C(=O)Cn2cnc3ccccc32)n1. The molecule has 3 heterocycles. The fourth-order valence-corrected chi connectivity index (χ4v) is 4.41. The predicted molar refractivity (Wildman–Crippen MR) is 118 cm³/mol. The quantitative estimate of drug-likeness (QED) is 0.499. The molecule has 0 radical (unpaired) electrons. The lowest BCUT2D eigenvalue weighted by molar-refractivity contribution is -0.132. The van der Waals surface area contributed by atoms with Gasteiger partial charge in [-0.25, -0.2) is 4.98 Å².